The van der Waals surface area contributed by atoms with Gasteiger partial charge in [-0.3, -0.25) is 0 Å². The average molecular weight is 197 g/mol. The van der Waals surface area contributed by atoms with Crippen molar-refractivity contribution in [3.63, 3.8) is 0 Å². The summed E-state index contributed by atoms with van der Waals surface area (Å²) in [4.78, 5) is 2.56. The SMILES string of the molecule is C[Si](C)(C)C#CCC(O)CN=[N+]=[N-]. The smallest absolute Gasteiger partial charge is 0.129 e. The van der Waals surface area contributed by atoms with E-state index in [1.807, 2.05) is 0 Å². The van der Waals surface area contributed by atoms with Gasteiger partial charge in [0.25, 0.3) is 0 Å². The van der Waals surface area contributed by atoms with Crippen LogP contribution >= 0.6 is 0 Å². The first-order valence-corrected chi connectivity index (χ1v) is 7.64. The van der Waals surface area contributed by atoms with Crippen molar-refractivity contribution >= 4 is 8.07 Å². The maximum atomic E-state index is 9.23. The Morgan fingerprint density at radius 3 is 2.62 bits per heavy atom. The lowest BCUT2D eigenvalue weighted by Gasteiger charge is -2.04. The topological polar surface area (TPSA) is 69.0 Å². The molecule has 0 aromatic rings. The summed E-state index contributed by atoms with van der Waals surface area (Å²) in [5.41, 5.74) is 11.1. The number of nitrogens with zero attached hydrogens (tertiary/aromatic N) is 3. The minimum atomic E-state index is -1.33. The van der Waals surface area contributed by atoms with Gasteiger partial charge < -0.3 is 5.11 Å². The molecular weight excluding hydrogens is 182 g/mol. The number of azide groups is 1. The van der Waals surface area contributed by atoms with Gasteiger partial charge in [-0.25, -0.2) is 0 Å². The van der Waals surface area contributed by atoms with Gasteiger partial charge in [0.15, 0.2) is 0 Å². The van der Waals surface area contributed by atoms with Gasteiger partial charge in [0, 0.05) is 11.3 Å². The Morgan fingerprint density at radius 1 is 1.54 bits per heavy atom. The minimum absolute atomic E-state index is 0.108. The van der Waals surface area contributed by atoms with E-state index in [1.54, 1.807) is 0 Å². The van der Waals surface area contributed by atoms with E-state index in [1.165, 1.54) is 0 Å². The fourth-order valence-corrected chi connectivity index (χ4v) is 1.26. The van der Waals surface area contributed by atoms with Gasteiger partial charge in [-0.15, -0.1) is 11.5 Å². The number of aliphatic hydroxyl groups is 1. The van der Waals surface area contributed by atoms with Crippen LogP contribution in [-0.4, -0.2) is 25.8 Å². The molecule has 0 saturated heterocycles. The lowest BCUT2D eigenvalue weighted by Crippen LogP contribution is -2.17. The molecule has 1 atom stereocenters. The zero-order valence-corrected chi connectivity index (χ0v) is 9.28. The van der Waals surface area contributed by atoms with Gasteiger partial charge in [-0.05, 0) is 5.53 Å². The first kappa shape index (κ1) is 12.0. The monoisotopic (exact) mass is 197 g/mol. The summed E-state index contributed by atoms with van der Waals surface area (Å²) in [6.45, 7) is 6.52. The molecule has 0 saturated carbocycles. The fraction of sp³-hybridized carbons (Fsp3) is 0.750. The Labute approximate surface area is 79.6 Å². The van der Waals surface area contributed by atoms with Crippen LogP contribution in [0.25, 0.3) is 10.4 Å². The van der Waals surface area contributed by atoms with Crippen molar-refractivity contribution < 1.29 is 5.11 Å². The zero-order valence-electron chi connectivity index (χ0n) is 8.28. The highest BCUT2D eigenvalue weighted by Gasteiger charge is 2.07. The average Bonchev–Trinajstić information content (AvgIpc) is 1.98. The van der Waals surface area contributed by atoms with E-state index in [0.29, 0.717) is 6.42 Å². The van der Waals surface area contributed by atoms with E-state index < -0.39 is 14.2 Å². The van der Waals surface area contributed by atoms with E-state index in [9.17, 15) is 5.11 Å². The Morgan fingerprint density at radius 2 is 2.15 bits per heavy atom. The summed E-state index contributed by atoms with van der Waals surface area (Å²) in [5, 5.41) is 12.5. The molecule has 1 N–H and O–H groups in total. The molecular formula is C8H15N3OSi. The first-order valence-electron chi connectivity index (χ1n) is 4.14. The third kappa shape index (κ3) is 8.96. The Kier molecular flexibility index (Phi) is 5.24. The van der Waals surface area contributed by atoms with Crippen LogP contribution in [0.2, 0.25) is 19.6 Å². The second-order valence-corrected chi connectivity index (χ2v) is 8.57. The number of hydrogen-bond donors (Lipinski definition) is 1. The van der Waals surface area contributed by atoms with Crippen LogP contribution < -0.4 is 0 Å². The second-order valence-electron chi connectivity index (χ2n) is 3.82. The quantitative estimate of drug-likeness (QED) is 0.242. The van der Waals surface area contributed by atoms with Gasteiger partial charge in [-0.2, -0.15) is 0 Å². The van der Waals surface area contributed by atoms with Crippen molar-refractivity contribution in [1.29, 1.82) is 0 Å². The lowest BCUT2D eigenvalue weighted by atomic mass is 10.3. The molecule has 0 spiro atoms. The van der Waals surface area contributed by atoms with E-state index in [2.05, 4.69) is 41.1 Å². The maximum Gasteiger partial charge on any atom is 0.129 e. The third-order valence-electron chi connectivity index (χ3n) is 1.16. The maximum absolute atomic E-state index is 9.23. The Hall–Kier alpha value is -0.953. The van der Waals surface area contributed by atoms with Crippen molar-refractivity contribution in [3.8, 4) is 11.5 Å². The van der Waals surface area contributed by atoms with Gasteiger partial charge in [0.1, 0.15) is 8.07 Å². The molecule has 0 aromatic carbocycles. The molecule has 1 unspecified atom stereocenters. The highest BCUT2D eigenvalue weighted by Crippen LogP contribution is 1.98. The lowest BCUT2D eigenvalue weighted by molar-refractivity contribution is 0.189. The molecule has 72 valence electrons. The van der Waals surface area contributed by atoms with Crippen LogP contribution in [-0.2, 0) is 0 Å². The third-order valence-corrected chi connectivity index (χ3v) is 2.08. The van der Waals surface area contributed by atoms with Crippen LogP contribution in [0.4, 0.5) is 0 Å². The van der Waals surface area contributed by atoms with E-state index in [4.69, 9.17) is 5.53 Å². The number of aliphatic hydroxyl groups excluding tert-OH is 1. The number of rotatable bonds is 3. The molecule has 0 rings (SSSR count). The summed E-state index contributed by atoms with van der Waals surface area (Å²) < 4.78 is 0. The summed E-state index contributed by atoms with van der Waals surface area (Å²) in [6, 6.07) is 0. The summed E-state index contributed by atoms with van der Waals surface area (Å²) >= 11 is 0. The standard InChI is InChI=1S/C8H15N3OSi/c1-13(2,3)6-4-5-8(12)7-10-11-9/h8,12H,5,7H2,1-3H3. The van der Waals surface area contributed by atoms with Gasteiger partial charge in [0.2, 0.25) is 0 Å². The Bertz CT molecular complexity index is 255. The van der Waals surface area contributed by atoms with Gasteiger partial charge in [-0.1, -0.05) is 24.8 Å². The molecule has 5 heteroatoms. The molecule has 13 heavy (non-hydrogen) atoms. The molecule has 0 aliphatic carbocycles. The van der Waals surface area contributed by atoms with E-state index in [0.717, 1.165) is 0 Å². The summed E-state index contributed by atoms with van der Waals surface area (Å²) in [7, 11) is -1.33. The molecule has 4 nitrogen and oxygen atoms in total. The highest BCUT2D eigenvalue weighted by atomic mass is 28.3. The normalized spacial score (nSPS) is 12.3. The molecule has 0 radical (unpaired) electrons. The van der Waals surface area contributed by atoms with Crippen LogP contribution in [0, 0.1) is 11.5 Å². The van der Waals surface area contributed by atoms with Gasteiger partial charge in [0.05, 0.1) is 12.6 Å². The summed E-state index contributed by atoms with van der Waals surface area (Å²) in [6.07, 6.45) is -0.233. The van der Waals surface area contributed by atoms with Crippen molar-refractivity contribution in [1.82, 2.24) is 0 Å². The van der Waals surface area contributed by atoms with Crippen LogP contribution in [0.1, 0.15) is 6.42 Å². The predicted molar refractivity (Wildman–Crippen MR) is 55.8 cm³/mol. The first-order chi connectivity index (χ1) is 5.95. The van der Waals surface area contributed by atoms with Crippen LogP contribution in [0.3, 0.4) is 0 Å². The van der Waals surface area contributed by atoms with Gasteiger partial charge >= 0.3 is 0 Å². The van der Waals surface area contributed by atoms with E-state index in [-0.39, 0.29) is 6.54 Å². The molecule has 0 amide bonds. The zero-order chi connectivity index (χ0) is 10.3. The van der Waals surface area contributed by atoms with E-state index >= 15 is 0 Å². The molecule has 0 aromatic heterocycles. The Balaban J connectivity index is 3.85. The van der Waals surface area contributed by atoms with Crippen molar-refractivity contribution in [2.24, 2.45) is 5.11 Å². The highest BCUT2D eigenvalue weighted by molar-refractivity contribution is 6.83. The van der Waals surface area contributed by atoms with Crippen molar-refractivity contribution in [2.75, 3.05) is 6.54 Å². The largest absolute Gasteiger partial charge is 0.392 e. The number of hydrogen-bond acceptors (Lipinski definition) is 2. The van der Waals surface area contributed by atoms with Crippen LogP contribution in [0.15, 0.2) is 5.11 Å². The fourth-order valence-electron chi connectivity index (χ4n) is 0.629. The second kappa shape index (κ2) is 5.65. The molecule has 0 aliphatic heterocycles. The van der Waals surface area contributed by atoms with Crippen molar-refractivity contribution in [2.45, 2.75) is 32.2 Å². The van der Waals surface area contributed by atoms with Crippen LogP contribution in [0.5, 0.6) is 0 Å². The minimum Gasteiger partial charge on any atom is -0.392 e. The predicted octanol–water partition coefficient (Wildman–Crippen LogP) is 1.93. The van der Waals surface area contributed by atoms with Crippen molar-refractivity contribution in [3.05, 3.63) is 10.4 Å². The summed E-state index contributed by atoms with van der Waals surface area (Å²) in [5.74, 6) is 2.91. The molecule has 0 aliphatic rings. The molecule has 0 heterocycles. The molecule has 0 fully saturated rings. The molecule has 0 bridgehead atoms.